The molecule has 0 aliphatic carbocycles. The van der Waals surface area contributed by atoms with Crippen LogP contribution in [0.15, 0.2) is 28.8 Å². The molecule has 3 rings (SSSR count). The molecule has 1 amide bonds. The Balaban J connectivity index is 1.57. The first-order valence-corrected chi connectivity index (χ1v) is 8.73. The number of carbonyl (C=O) groups excluding carboxylic acids is 1. The van der Waals surface area contributed by atoms with Crippen molar-refractivity contribution in [2.45, 2.75) is 32.7 Å². The van der Waals surface area contributed by atoms with Crippen molar-refractivity contribution in [3.63, 3.8) is 0 Å². The van der Waals surface area contributed by atoms with E-state index in [-0.39, 0.29) is 11.9 Å². The molecule has 1 aromatic heterocycles. The minimum Gasteiger partial charge on any atom is -0.494 e. The van der Waals surface area contributed by atoms with E-state index in [0.29, 0.717) is 31.2 Å². The van der Waals surface area contributed by atoms with Gasteiger partial charge in [-0.05, 0) is 38.1 Å². The molecular formula is C18H24N4O3. The van der Waals surface area contributed by atoms with Crippen LogP contribution >= 0.6 is 0 Å². The SMILES string of the molecule is CCOc1ccc(-c2noc(CCC(=O)N3CCNCC3C)n2)cc1. The topological polar surface area (TPSA) is 80.5 Å². The summed E-state index contributed by atoms with van der Waals surface area (Å²) in [5.41, 5.74) is 0.862. The third kappa shape index (κ3) is 4.36. The number of carbonyl (C=O) groups is 1. The van der Waals surface area contributed by atoms with E-state index in [1.54, 1.807) is 0 Å². The van der Waals surface area contributed by atoms with E-state index < -0.39 is 0 Å². The van der Waals surface area contributed by atoms with E-state index in [0.717, 1.165) is 30.9 Å². The van der Waals surface area contributed by atoms with Crippen LogP contribution in [0.4, 0.5) is 0 Å². The van der Waals surface area contributed by atoms with E-state index in [1.165, 1.54) is 0 Å². The highest BCUT2D eigenvalue weighted by atomic mass is 16.5. The van der Waals surface area contributed by atoms with E-state index in [1.807, 2.05) is 36.1 Å². The highest BCUT2D eigenvalue weighted by Crippen LogP contribution is 2.20. The molecule has 1 N–H and O–H groups in total. The van der Waals surface area contributed by atoms with Crippen molar-refractivity contribution >= 4 is 5.91 Å². The third-order valence-electron chi connectivity index (χ3n) is 4.27. The van der Waals surface area contributed by atoms with Crippen LogP contribution < -0.4 is 10.1 Å². The average molecular weight is 344 g/mol. The van der Waals surface area contributed by atoms with Gasteiger partial charge in [-0.2, -0.15) is 4.98 Å². The molecule has 7 nitrogen and oxygen atoms in total. The molecule has 2 heterocycles. The number of hydrogen-bond donors (Lipinski definition) is 1. The number of aryl methyl sites for hydroxylation is 1. The van der Waals surface area contributed by atoms with Crippen molar-refractivity contribution in [3.05, 3.63) is 30.2 Å². The fraction of sp³-hybridized carbons (Fsp3) is 0.500. The van der Waals surface area contributed by atoms with Crippen LogP contribution in [-0.2, 0) is 11.2 Å². The number of nitrogens with zero attached hydrogens (tertiary/aromatic N) is 3. The van der Waals surface area contributed by atoms with Crippen molar-refractivity contribution in [1.29, 1.82) is 0 Å². The van der Waals surface area contributed by atoms with Gasteiger partial charge in [-0.15, -0.1) is 0 Å². The fourth-order valence-electron chi connectivity index (χ4n) is 2.91. The van der Waals surface area contributed by atoms with Crippen molar-refractivity contribution in [1.82, 2.24) is 20.4 Å². The number of hydrogen-bond acceptors (Lipinski definition) is 6. The zero-order chi connectivity index (χ0) is 17.6. The summed E-state index contributed by atoms with van der Waals surface area (Å²) in [5.74, 6) is 1.96. The van der Waals surface area contributed by atoms with Crippen molar-refractivity contribution < 1.29 is 14.1 Å². The van der Waals surface area contributed by atoms with Gasteiger partial charge in [0.2, 0.25) is 17.6 Å². The Morgan fingerprint density at radius 2 is 2.20 bits per heavy atom. The maximum atomic E-state index is 12.4. The molecule has 0 radical (unpaired) electrons. The molecule has 1 fully saturated rings. The second kappa shape index (κ2) is 8.11. The molecule has 1 aromatic carbocycles. The predicted molar refractivity (Wildman–Crippen MR) is 93.3 cm³/mol. The first kappa shape index (κ1) is 17.4. The molecule has 134 valence electrons. The largest absolute Gasteiger partial charge is 0.494 e. The molecular weight excluding hydrogens is 320 g/mol. The van der Waals surface area contributed by atoms with Crippen molar-refractivity contribution in [3.8, 4) is 17.1 Å². The second-order valence-corrected chi connectivity index (χ2v) is 6.11. The lowest BCUT2D eigenvalue weighted by Gasteiger charge is -2.34. The summed E-state index contributed by atoms with van der Waals surface area (Å²) in [4.78, 5) is 18.7. The summed E-state index contributed by atoms with van der Waals surface area (Å²) in [6.07, 6.45) is 0.842. The minimum absolute atomic E-state index is 0.134. The number of rotatable bonds is 6. The number of piperazine rings is 1. The van der Waals surface area contributed by atoms with Crippen LogP contribution in [0.2, 0.25) is 0 Å². The molecule has 0 spiro atoms. The molecule has 1 saturated heterocycles. The van der Waals surface area contributed by atoms with Crippen LogP contribution in [0.1, 0.15) is 26.2 Å². The standard InChI is InChI=1S/C18H24N4O3/c1-3-24-15-6-4-14(5-7-15)18-20-16(25-21-18)8-9-17(23)22-11-10-19-12-13(22)2/h4-7,13,19H,3,8-12H2,1-2H3. The quantitative estimate of drug-likeness (QED) is 0.862. The van der Waals surface area contributed by atoms with Crippen molar-refractivity contribution in [2.24, 2.45) is 0 Å². The zero-order valence-electron chi connectivity index (χ0n) is 14.7. The van der Waals surface area contributed by atoms with Crippen LogP contribution in [0.3, 0.4) is 0 Å². The smallest absolute Gasteiger partial charge is 0.227 e. The highest BCUT2D eigenvalue weighted by molar-refractivity contribution is 5.76. The lowest BCUT2D eigenvalue weighted by molar-refractivity contribution is -0.134. The molecule has 0 saturated carbocycles. The fourth-order valence-corrected chi connectivity index (χ4v) is 2.91. The van der Waals surface area contributed by atoms with Crippen LogP contribution in [0, 0.1) is 0 Å². The normalized spacial score (nSPS) is 17.5. The average Bonchev–Trinajstić information content (AvgIpc) is 3.10. The number of ether oxygens (including phenoxy) is 1. The molecule has 7 heteroatoms. The molecule has 1 atom stereocenters. The predicted octanol–water partition coefficient (Wildman–Crippen LogP) is 1.89. The summed E-state index contributed by atoms with van der Waals surface area (Å²) in [6.45, 7) is 7.07. The van der Waals surface area contributed by atoms with E-state index >= 15 is 0 Å². The Hall–Kier alpha value is -2.41. The first-order chi connectivity index (χ1) is 12.2. The van der Waals surface area contributed by atoms with Gasteiger partial charge < -0.3 is 19.5 Å². The summed E-state index contributed by atoms with van der Waals surface area (Å²) in [5, 5.41) is 7.29. The maximum absolute atomic E-state index is 12.4. The Bertz CT molecular complexity index is 699. The molecule has 0 bridgehead atoms. The second-order valence-electron chi connectivity index (χ2n) is 6.11. The monoisotopic (exact) mass is 344 g/mol. The number of nitrogens with one attached hydrogen (secondary N) is 1. The molecule has 1 aliphatic rings. The Labute approximate surface area is 147 Å². The van der Waals surface area contributed by atoms with Crippen LogP contribution in [-0.4, -0.2) is 53.2 Å². The van der Waals surface area contributed by atoms with Gasteiger partial charge in [0.25, 0.3) is 0 Å². The van der Waals surface area contributed by atoms with Gasteiger partial charge in [0.05, 0.1) is 6.61 Å². The third-order valence-corrected chi connectivity index (χ3v) is 4.27. The lowest BCUT2D eigenvalue weighted by Crippen LogP contribution is -2.52. The maximum Gasteiger partial charge on any atom is 0.227 e. The van der Waals surface area contributed by atoms with Gasteiger partial charge in [0.1, 0.15) is 5.75 Å². The van der Waals surface area contributed by atoms with E-state index in [2.05, 4.69) is 22.4 Å². The van der Waals surface area contributed by atoms with Gasteiger partial charge in [-0.3, -0.25) is 4.79 Å². The molecule has 1 aliphatic heterocycles. The van der Waals surface area contributed by atoms with E-state index in [9.17, 15) is 4.79 Å². The summed E-state index contributed by atoms with van der Waals surface area (Å²) >= 11 is 0. The van der Waals surface area contributed by atoms with Crippen molar-refractivity contribution in [2.75, 3.05) is 26.2 Å². The van der Waals surface area contributed by atoms with Gasteiger partial charge in [0, 0.05) is 44.1 Å². The Morgan fingerprint density at radius 3 is 2.92 bits per heavy atom. The van der Waals surface area contributed by atoms with Gasteiger partial charge >= 0.3 is 0 Å². The summed E-state index contributed by atoms with van der Waals surface area (Å²) in [6, 6.07) is 7.78. The van der Waals surface area contributed by atoms with Gasteiger partial charge in [0.15, 0.2) is 0 Å². The Morgan fingerprint density at radius 1 is 1.40 bits per heavy atom. The number of aromatic nitrogens is 2. The molecule has 1 unspecified atom stereocenters. The zero-order valence-corrected chi connectivity index (χ0v) is 14.7. The molecule has 25 heavy (non-hydrogen) atoms. The number of benzene rings is 1. The molecule has 2 aromatic rings. The van der Waals surface area contributed by atoms with E-state index in [4.69, 9.17) is 9.26 Å². The van der Waals surface area contributed by atoms with Gasteiger partial charge in [-0.25, -0.2) is 0 Å². The number of amides is 1. The van der Waals surface area contributed by atoms with Gasteiger partial charge in [-0.1, -0.05) is 5.16 Å². The van der Waals surface area contributed by atoms with Crippen LogP contribution in [0.25, 0.3) is 11.4 Å². The lowest BCUT2D eigenvalue weighted by atomic mass is 10.2. The Kier molecular flexibility index (Phi) is 5.65. The first-order valence-electron chi connectivity index (χ1n) is 8.73. The summed E-state index contributed by atoms with van der Waals surface area (Å²) in [7, 11) is 0. The van der Waals surface area contributed by atoms with Crippen LogP contribution in [0.5, 0.6) is 5.75 Å². The highest BCUT2D eigenvalue weighted by Gasteiger charge is 2.23. The summed E-state index contributed by atoms with van der Waals surface area (Å²) < 4.78 is 10.7. The minimum atomic E-state index is 0.134.